The molecule has 0 bridgehead atoms. The maximum Gasteiger partial charge on any atom is 0.183 e. The lowest BCUT2D eigenvalue weighted by Gasteiger charge is -2.21. The van der Waals surface area contributed by atoms with E-state index in [1.54, 1.807) is 0 Å². The van der Waals surface area contributed by atoms with Crippen molar-refractivity contribution in [2.75, 3.05) is 0 Å². The summed E-state index contributed by atoms with van der Waals surface area (Å²) in [6.07, 6.45) is 0. The molecule has 6 heteroatoms. The number of hydrogen-bond donors (Lipinski definition) is 0. The summed E-state index contributed by atoms with van der Waals surface area (Å²) in [5.41, 5.74) is 6.44. The molecule has 4 aromatic carbocycles. The maximum atomic E-state index is 6.21. The fraction of sp³-hybridized carbons (Fsp3) is 0. The molecular weight excluding hydrogens is 410 g/mol. The molecule has 0 spiro atoms. The van der Waals surface area contributed by atoms with Crippen molar-refractivity contribution in [1.29, 1.82) is 0 Å². The molecule has 0 radical (unpaired) electrons. The van der Waals surface area contributed by atoms with Crippen molar-refractivity contribution in [2.45, 2.75) is 0 Å². The molecule has 0 saturated carbocycles. The van der Waals surface area contributed by atoms with Crippen LogP contribution in [0.5, 0.6) is 11.5 Å². The SMILES string of the molecule is c1ccc2c(c1)Oc1cccc3nc(-c4nc5ccccc5c5nc6ccccc6n45)n-2c13. The maximum absolute atomic E-state index is 6.21. The molecule has 154 valence electrons. The first kappa shape index (κ1) is 16.9. The zero-order chi connectivity index (χ0) is 21.5. The Bertz CT molecular complexity index is 1910. The number of para-hydroxylation sites is 6. The average molecular weight is 425 g/mol. The lowest BCUT2D eigenvalue weighted by atomic mass is 10.2. The molecular formula is C27H15N5O. The van der Waals surface area contributed by atoms with Crippen molar-refractivity contribution >= 4 is 38.6 Å². The van der Waals surface area contributed by atoms with E-state index in [9.17, 15) is 0 Å². The summed E-state index contributed by atoms with van der Waals surface area (Å²) in [7, 11) is 0. The van der Waals surface area contributed by atoms with Gasteiger partial charge in [-0.3, -0.25) is 8.97 Å². The molecule has 0 atom stereocenters. The van der Waals surface area contributed by atoms with Crippen LogP contribution >= 0.6 is 0 Å². The molecule has 0 N–H and O–H groups in total. The molecule has 1 aliphatic heterocycles. The second-order valence-corrected chi connectivity index (χ2v) is 8.18. The van der Waals surface area contributed by atoms with Gasteiger partial charge in [-0.05, 0) is 48.5 Å². The van der Waals surface area contributed by atoms with E-state index < -0.39 is 0 Å². The summed E-state index contributed by atoms with van der Waals surface area (Å²) >= 11 is 0. The Morgan fingerprint density at radius 2 is 1.30 bits per heavy atom. The van der Waals surface area contributed by atoms with Crippen LogP contribution in [0.4, 0.5) is 0 Å². The van der Waals surface area contributed by atoms with Gasteiger partial charge in [-0.2, -0.15) is 0 Å². The van der Waals surface area contributed by atoms with Crippen LogP contribution < -0.4 is 4.74 Å². The number of fused-ring (bicyclic) bond motifs is 7. The average Bonchev–Trinajstić information content (AvgIpc) is 3.45. The Morgan fingerprint density at radius 1 is 0.576 bits per heavy atom. The summed E-state index contributed by atoms with van der Waals surface area (Å²) in [5, 5.41) is 1.01. The van der Waals surface area contributed by atoms with Gasteiger partial charge in [0.05, 0.1) is 27.8 Å². The lowest BCUT2D eigenvalue weighted by molar-refractivity contribution is 0.476. The number of benzene rings is 4. The van der Waals surface area contributed by atoms with Crippen LogP contribution in [0, 0.1) is 0 Å². The molecule has 8 rings (SSSR count). The Hall–Kier alpha value is -4.71. The fourth-order valence-corrected chi connectivity index (χ4v) is 4.90. The Morgan fingerprint density at radius 3 is 2.27 bits per heavy atom. The normalized spacial score (nSPS) is 12.5. The second kappa shape index (κ2) is 5.95. The summed E-state index contributed by atoms with van der Waals surface area (Å²) in [5.74, 6) is 3.09. The molecule has 0 aliphatic carbocycles. The monoisotopic (exact) mass is 425 g/mol. The molecule has 4 heterocycles. The van der Waals surface area contributed by atoms with Gasteiger partial charge in [0.15, 0.2) is 23.1 Å². The molecule has 0 unspecified atom stereocenters. The molecule has 33 heavy (non-hydrogen) atoms. The van der Waals surface area contributed by atoms with Gasteiger partial charge >= 0.3 is 0 Å². The summed E-state index contributed by atoms with van der Waals surface area (Å²) in [6.45, 7) is 0. The second-order valence-electron chi connectivity index (χ2n) is 8.18. The quantitative estimate of drug-likeness (QED) is 0.317. The van der Waals surface area contributed by atoms with E-state index in [1.165, 1.54) is 0 Å². The molecule has 0 fully saturated rings. The molecule has 7 aromatic rings. The smallest absolute Gasteiger partial charge is 0.183 e. The van der Waals surface area contributed by atoms with Crippen molar-refractivity contribution < 1.29 is 4.74 Å². The number of nitrogens with zero attached hydrogens (tertiary/aromatic N) is 5. The first-order valence-corrected chi connectivity index (χ1v) is 10.8. The van der Waals surface area contributed by atoms with E-state index in [0.29, 0.717) is 0 Å². The largest absolute Gasteiger partial charge is 0.453 e. The van der Waals surface area contributed by atoms with E-state index in [-0.39, 0.29) is 0 Å². The fourth-order valence-electron chi connectivity index (χ4n) is 4.90. The summed E-state index contributed by atoms with van der Waals surface area (Å²) < 4.78 is 10.5. The zero-order valence-electron chi connectivity index (χ0n) is 17.3. The predicted molar refractivity (Wildman–Crippen MR) is 128 cm³/mol. The van der Waals surface area contributed by atoms with Gasteiger partial charge in [0.2, 0.25) is 0 Å². The van der Waals surface area contributed by atoms with E-state index in [2.05, 4.69) is 27.2 Å². The van der Waals surface area contributed by atoms with Gasteiger partial charge in [-0.25, -0.2) is 15.0 Å². The summed E-state index contributed by atoms with van der Waals surface area (Å²) in [6, 6.07) is 30.3. The van der Waals surface area contributed by atoms with Gasteiger partial charge in [0.1, 0.15) is 11.2 Å². The van der Waals surface area contributed by atoms with E-state index in [0.717, 1.165) is 67.5 Å². The minimum Gasteiger partial charge on any atom is -0.453 e. The first-order chi connectivity index (χ1) is 16.4. The predicted octanol–water partition coefficient (Wildman–Crippen LogP) is 6.15. The van der Waals surface area contributed by atoms with Crippen LogP contribution in [0.3, 0.4) is 0 Å². The van der Waals surface area contributed by atoms with Crippen molar-refractivity contribution in [1.82, 2.24) is 23.9 Å². The minimum absolute atomic E-state index is 0.747. The molecule has 0 amide bonds. The highest BCUT2D eigenvalue weighted by Crippen LogP contribution is 2.43. The number of ether oxygens (including phenoxy) is 1. The minimum atomic E-state index is 0.747. The van der Waals surface area contributed by atoms with Gasteiger partial charge in [-0.15, -0.1) is 0 Å². The third-order valence-corrected chi connectivity index (χ3v) is 6.31. The van der Waals surface area contributed by atoms with E-state index in [1.807, 2.05) is 72.8 Å². The van der Waals surface area contributed by atoms with Gasteiger partial charge in [0.25, 0.3) is 0 Å². The molecule has 1 aliphatic rings. The topological polar surface area (TPSA) is 57.2 Å². The van der Waals surface area contributed by atoms with Gasteiger partial charge in [-0.1, -0.05) is 42.5 Å². The number of imidazole rings is 2. The van der Waals surface area contributed by atoms with Crippen LogP contribution in [0.15, 0.2) is 91.0 Å². The highest BCUT2D eigenvalue weighted by atomic mass is 16.5. The van der Waals surface area contributed by atoms with Crippen LogP contribution in [0.2, 0.25) is 0 Å². The van der Waals surface area contributed by atoms with Crippen molar-refractivity contribution in [2.24, 2.45) is 0 Å². The zero-order valence-corrected chi connectivity index (χ0v) is 17.3. The van der Waals surface area contributed by atoms with Gasteiger partial charge in [0, 0.05) is 5.39 Å². The highest BCUT2D eigenvalue weighted by molar-refractivity contribution is 5.99. The lowest BCUT2D eigenvalue weighted by Crippen LogP contribution is -2.08. The Balaban J connectivity index is 1.61. The third kappa shape index (κ3) is 2.14. The number of aromatic nitrogens is 5. The van der Waals surface area contributed by atoms with E-state index in [4.69, 9.17) is 19.7 Å². The third-order valence-electron chi connectivity index (χ3n) is 6.31. The van der Waals surface area contributed by atoms with Crippen LogP contribution in [-0.4, -0.2) is 23.9 Å². The van der Waals surface area contributed by atoms with Crippen molar-refractivity contribution in [3.05, 3.63) is 91.0 Å². The first-order valence-electron chi connectivity index (χ1n) is 10.8. The summed E-state index contributed by atoms with van der Waals surface area (Å²) in [4.78, 5) is 15.2. The van der Waals surface area contributed by atoms with Crippen molar-refractivity contribution in [3.8, 4) is 28.8 Å². The van der Waals surface area contributed by atoms with Gasteiger partial charge < -0.3 is 4.74 Å². The van der Waals surface area contributed by atoms with Crippen LogP contribution in [-0.2, 0) is 0 Å². The van der Waals surface area contributed by atoms with Crippen molar-refractivity contribution in [3.63, 3.8) is 0 Å². The van der Waals surface area contributed by atoms with Crippen LogP contribution in [0.1, 0.15) is 0 Å². The Kier molecular flexibility index (Phi) is 3.05. The number of rotatable bonds is 1. The Labute approximate surface area is 187 Å². The van der Waals surface area contributed by atoms with Crippen LogP contribution in [0.25, 0.3) is 56.0 Å². The molecule has 6 nitrogen and oxygen atoms in total. The molecule has 3 aromatic heterocycles. The van der Waals surface area contributed by atoms with E-state index >= 15 is 0 Å². The highest BCUT2D eigenvalue weighted by Gasteiger charge is 2.27. The molecule has 0 saturated heterocycles. The number of hydrogen-bond acceptors (Lipinski definition) is 4. The standard InChI is InChI=1S/C27H15N5O/c1-2-9-17-16(8-1)25-29-18-10-3-4-12-20(18)32(25)27(28-17)26-30-19-11-7-15-23-24(19)31(26)21-13-5-6-14-22(21)33-23/h1-15H.